The second-order valence-corrected chi connectivity index (χ2v) is 7.79. The molecule has 1 aliphatic rings. The van der Waals surface area contributed by atoms with E-state index in [4.69, 9.17) is 0 Å². The quantitative estimate of drug-likeness (QED) is 0.702. The van der Waals surface area contributed by atoms with E-state index in [1.807, 2.05) is 30.1 Å². The van der Waals surface area contributed by atoms with Gasteiger partial charge in [0.15, 0.2) is 0 Å². The lowest BCUT2D eigenvalue weighted by Gasteiger charge is -2.37. The first-order valence-corrected chi connectivity index (χ1v) is 10.3. The summed E-state index contributed by atoms with van der Waals surface area (Å²) in [7, 11) is 1.95. The van der Waals surface area contributed by atoms with Crippen molar-refractivity contribution in [2.45, 2.75) is 30.3 Å². The van der Waals surface area contributed by atoms with Gasteiger partial charge in [-0.15, -0.1) is 0 Å². The van der Waals surface area contributed by atoms with Crippen LogP contribution in [0.25, 0.3) is 0 Å². The second-order valence-electron chi connectivity index (χ2n) is 6.79. The molecule has 26 heavy (non-hydrogen) atoms. The maximum absolute atomic E-state index is 12.6. The number of piperidine rings is 1. The lowest BCUT2D eigenvalue weighted by atomic mass is 10.0. The fraction of sp³-hybridized carbons (Fsp3) is 0.429. The van der Waals surface area contributed by atoms with Crippen LogP contribution in [0.5, 0.6) is 0 Å². The van der Waals surface area contributed by atoms with Crippen molar-refractivity contribution in [2.24, 2.45) is 0 Å². The number of rotatable bonds is 7. The van der Waals surface area contributed by atoms with Crippen LogP contribution in [-0.4, -0.2) is 59.2 Å². The van der Waals surface area contributed by atoms with Crippen LogP contribution in [0.3, 0.4) is 0 Å². The first kappa shape index (κ1) is 18.9. The highest BCUT2D eigenvalue weighted by molar-refractivity contribution is 7.99. The summed E-state index contributed by atoms with van der Waals surface area (Å²) in [6.45, 7) is 3.17. The Hall–Kier alpha value is -1.85. The third kappa shape index (κ3) is 5.58. The van der Waals surface area contributed by atoms with E-state index >= 15 is 0 Å². The minimum atomic E-state index is 0.190. The largest absolute Gasteiger partial charge is 0.341 e. The Morgan fingerprint density at radius 2 is 2.04 bits per heavy atom. The molecular weight excluding hydrogens is 342 g/mol. The van der Waals surface area contributed by atoms with Crippen LogP contribution in [0, 0.1) is 0 Å². The molecule has 1 saturated heterocycles. The van der Waals surface area contributed by atoms with Crippen LogP contribution in [0.4, 0.5) is 0 Å². The van der Waals surface area contributed by atoms with Gasteiger partial charge in [0.25, 0.3) is 0 Å². The number of amides is 1. The summed E-state index contributed by atoms with van der Waals surface area (Å²) in [4.78, 5) is 21.3. The highest BCUT2D eigenvalue weighted by Crippen LogP contribution is 2.19. The highest BCUT2D eigenvalue weighted by atomic mass is 32.2. The van der Waals surface area contributed by atoms with Crippen molar-refractivity contribution >= 4 is 17.7 Å². The topological polar surface area (TPSA) is 36.4 Å². The van der Waals surface area contributed by atoms with Crippen molar-refractivity contribution in [3.05, 3.63) is 60.3 Å². The molecule has 4 nitrogen and oxygen atoms in total. The van der Waals surface area contributed by atoms with Crippen LogP contribution < -0.4 is 0 Å². The molecule has 0 N–H and O–H groups in total. The van der Waals surface area contributed by atoms with E-state index < -0.39 is 0 Å². The van der Waals surface area contributed by atoms with Crippen LogP contribution in [0.1, 0.15) is 18.4 Å². The zero-order chi connectivity index (χ0) is 18.2. The fourth-order valence-electron chi connectivity index (χ4n) is 3.36. The van der Waals surface area contributed by atoms with Gasteiger partial charge in [0.05, 0.1) is 10.8 Å². The number of pyridine rings is 1. The van der Waals surface area contributed by atoms with Gasteiger partial charge in [-0.1, -0.05) is 48.2 Å². The molecular formula is C21H27N3OS. The number of nitrogens with zero attached hydrogens (tertiary/aromatic N) is 3. The number of benzene rings is 1. The molecule has 5 heteroatoms. The Labute approximate surface area is 160 Å². The van der Waals surface area contributed by atoms with Crippen LogP contribution >= 0.6 is 11.8 Å². The lowest BCUT2D eigenvalue weighted by molar-refractivity contribution is -0.130. The molecule has 1 atom stereocenters. The molecule has 0 spiro atoms. The van der Waals surface area contributed by atoms with Crippen molar-refractivity contribution in [2.75, 3.05) is 32.4 Å². The predicted octanol–water partition coefficient (Wildman–Crippen LogP) is 3.34. The van der Waals surface area contributed by atoms with Crippen molar-refractivity contribution in [1.82, 2.24) is 14.8 Å². The number of likely N-dealkylation sites (tertiary alicyclic amines) is 1. The molecule has 0 aliphatic carbocycles. The number of aromatic nitrogens is 1. The Bertz CT molecular complexity index is 680. The predicted molar refractivity (Wildman–Crippen MR) is 107 cm³/mol. The third-order valence-electron chi connectivity index (χ3n) is 4.96. The molecule has 0 radical (unpaired) electrons. The number of thioether (sulfide) groups is 1. The van der Waals surface area contributed by atoms with Gasteiger partial charge in [0.2, 0.25) is 5.91 Å². The van der Waals surface area contributed by atoms with Gasteiger partial charge < -0.3 is 9.80 Å². The van der Waals surface area contributed by atoms with Gasteiger partial charge in [-0.3, -0.25) is 4.79 Å². The summed E-state index contributed by atoms with van der Waals surface area (Å²) < 4.78 is 0. The molecule has 1 fully saturated rings. The number of likely N-dealkylation sites (N-methyl/N-ethyl adjacent to an activating group) is 1. The van der Waals surface area contributed by atoms with Gasteiger partial charge in [-0.05, 0) is 43.5 Å². The van der Waals surface area contributed by atoms with Crippen LogP contribution in [-0.2, 0) is 11.2 Å². The maximum Gasteiger partial charge on any atom is 0.233 e. The molecule has 0 unspecified atom stereocenters. The number of carbonyl (C=O) groups excluding carboxylic acids is 1. The normalized spacial score (nSPS) is 17.8. The third-order valence-corrected chi connectivity index (χ3v) is 5.89. The monoisotopic (exact) mass is 369 g/mol. The molecule has 0 saturated carbocycles. The van der Waals surface area contributed by atoms with Gasteiger partial charge >= 0.3 is 0 Å². The molecule has 1 aliphatic heterocycles. The highest BCUT2D eigenvalue weighted by Gasteiger charge is 2.25. The van der Waals surface area contributed by atoms with E-state index in [2.05, 4.69) is 40.2 Å². The smallest absolute Gasteiger partial charge is 0.233 e. The van der Waals surface area contributed by atoms with Gasteiger partial charge in [-0.2, -0.15) is 0 Å². The lowest BCUT2D eigenvalue weighted by Crippen LogP contribution is -2.49. The molecule has 1 amide bonds. The summed E-state index contributed by atoms with van der Waals surface area (Å²) in [5, 5.41) is 0.905. The van der Waals surface area contributed by atoms with E-state index in [0.717, 1.165) is 43.9 Å². The number of hydrogen-bond donors (Lipinski definition) is 0. The minimum Gasteiger partial charge on any atom is -0.341 e. The zero-order valence-electron chi connectivity index (χ0n) is 15.4. The molecule has 2 aromatic rings. The summed E-state index contributed by atoms with van der Waals surface area (Å²) in [6.07, 6.45) is 5.09. The van der Waals surface area contributed by atoms with Crippen molar-refractivity contribution in [3.63, 3.8) is 0 Å². The Morgan fingerprint density at radius 1 is 1.23 bits per heavy atom. The molecule has 1 aromatic carbocycles. The standard InChI is InChI=1S/C21H27N3OS/c1-23(21(25)17-26-20-11-5-6-13-22-20)19-10-7-14-24(16-19)15-12-18-8-3-2-4-9-18/h2-6,8-9,11,13,19H,7,10,12,14-17H2,1H3/t19-/m0/s1. The number of hydrogen-bond acceptors (Lipinski definition) is 4. The molecule has 138 valence electrons. The zero-order valence-corrected chi connectivity index (χ0v) is 16.2. The van der Waals surface area contributed by atoms with Crippen molar-refractivity contribution < 1.29 is 4.79 Å². The number of carbonyl (C=O) groups is 1. The van der Waals surface area contributed by atoms with Crippen molar-refractivity contribution in [3.8, 4) is 0 Å². The van der Waals surface area contributed by atoms with E-state index in [9.17, 15) is 4.79 Å². The summed E-state index contributed by atoms with van der Waals surface area (Å²) in [5.74, 6) is 0.643. The Kier molecular flexibility index (Phi) is 7.09. The average Bonchev–Trinajstić information content (AvgIpc) is 2.71. The van der Waals surface area contributed by atoms with E-state index in [1.165, 1.54) is 17.3 Å². The van der Waals surface area contributed by atoms with E-state index in [0.29, 0.717) is 11.8 Å². The first-order valence-electron chi connectivity index (χ1n) is 9.28. The van der Waals surface area contributed by atoms with Gasteiger partial charge in [-0.25, -0.2) is 4.98 Å². The van der Waals surface area contributed by atoms with Crippen LogP contribution in [0.15, 0.2) is 59.8 Å². The second kappa shape index (κ2) is 9.74. The van der Waals surface area contributed by atoms with Gasteiger partial charge in [0, 0.05) is 32.4 Å². The molecule has 1 aromatic heterocycles. The minimum absolute atomic E-state index is 0.190. The SMILES string of the molecule is CN(C(=O)CSc1ccccn1)[C@H]1CCCN(CCc2ccccc2)C1. The molecule has 0 bridgehead atoms. The summed E-state index contributed by atoms with van der Waals surface area (Å²) >= 11 is 1.51. The van der Waals surface area contributed by atoms with E-state index in [1.54, 1.807) is 6.20 Å². The summed E-state index contributed by atoms with van der Waals surface area (Å²) in [6, 6.07) is 16.7. The first-order chi connectivity index (χ1) is 12.7. The Morgan fingerprint density at radius 3 is 2.81 bits per heavy atom. The maximum atomic E-state index is 12.6. The van der Waals surface area contributed by atoms with Crippen LogP contribution in [0.2, 0.25) is 0 Å². The van der Waals surface area contributed by atoms with Crippen molar-refractivity contribution in [1.29, 1.82) is 0 Å². The molecule has 3 rings (SSSR count). The van der Waals surface area contributed by atoms with Gasteiger partial charge in [0.1, 0.15) is 0 Å². The average molecular weight is 370 g/mol. The fourth-order valence-corrected chi connectivity index (χ4v) is 4.14. The molecule has 2 heterocycles. The van der Waals surface area contributed by atoms with E-state index in [-0.39, 0.29) is 5.91 Å². The Balaban J connectivity index is 1.46. The summed E-state index contributed by atoms with van der Waals surface area (Å²) in [5.41, 5.74) is 1.38.